The number of carbonyl (C=O) groups excluding carboxylic acids is 1. The number of hydrogen-bond acceptors (Lipinski definition) is 4. The smallest absolute Gasteiger partial charge is 0.408 e. The van der Waals surface area contributed by atoms with E-state index in [4.69, 9.17) is 4.74 Å². The van der Waals surface area contributed by atoms with Gasteiger partial charge in [-0.2, -0.15) is 0 Å². The van der Waals surface area contributed by atoms with E-state index >= 15 is 0 Å². The molecule has 0 atom stereocenters. The van der Waals surface area contributed by atoms with Crippen LogP contribution in [0.25, 0.3) is 0 Å². The summed E-state index contributed by atoms with van der Waals surface area (Å²) in [7, 11) is 0. The average Bonchev–Trinajstić information content (AvgIpc) is 2.96. The van der Waals surface area contributed by atoms with Crippen molar-refractivity contribution >= 4 is 17.4 Å². The van der Waals surface area contributed by atoms with Crippen molar-refractivity contribution in [1.29, 1.82) is 0 Å². The molecule has 0 fully saturated rings. The number of nitrogens with one attached hydrogen (secondary N) is 1. The third-order valence-corrected chi connectivity index (χ3v) is 2.77. The van der Waals surface area contributed by atoms with Gasteiger partial charge in [-0.15, -0.1) is 11.3 Å². The van der Waals surface area contributed by atoms with E-state index < -0.39 is 6.09 Å². The van der Waals surface area contributed by atoms with Crippen LogP contribution < -0.4 is 5.32 Å². The number of carbonyl (C=O) groups is 1. The van der Waals surface area contributed by atoms with Crippen molar-refractivity contribution in [3.63, 3.8) is 0 Å². The Morgan fingerprint density at radius 2 is 2.21 bits per heavy atom. The lowest BCUT2D eigenvalue weighted by atomic mass is 10.2. The van der Waals surface area contributed by atoms with Crippen LogP contribution in [-0.2, 0) is 11.3 Å². The molecule has 0 spiro atoms. The number of amides is 1. The molecule has 0 aliphatic carbocycles. The van der Waals surface area contributed by atoms with Crippen LogP contribution in [0.4, 0.5) is 4.79 Å². The van der Waals surface area contributed by atoms with Gasteiger partial charge in [0.25, 0.3) is 0 Å². The molecule has 5 heteroatoms. The largest absolute Gasteiger partial charge is 0.445 e. The molecule has 0 aliphatic rings. The minimum Gasteiger partial charge on any atom is -0.445 e. The van der Waals surface area contributed by atoms with Crippen LogP contribution in [0.3, 0.4) is 0 Å². The lowest BCUT2D eigenvalue weighted by Gasteiger charge is -2.04. The Hall–Kier alpha value is -2.32. The molecule has 1 amide bonds. The SMILES string of the molecule is O=C(NCC#Cc1cscn1)OCc1ccccc1. The van der Waals surface area contributed by atoms with Crippen molar-refractivity contribution in [3.05, 3.63) is 52.5 Å². The van der Waals surface area contributed by atoms with Gasteiger partial charge in [0.05, 0.1) is 12.1 Å². The molecular formula is C14H12N2O2S. The molecule has 0 saturated carbocycles. The summed E-state index contributed by atoms with van der Waals surface area (Å²) in [4.78, 5) is 15.4. The first-order valence-corrected chi connectivity index (χ1v) is 6.60. The first-order valence-electron chi connectivity index (χ1n) is 5.66. The second-order valence-corrected chi connectivity index (χ2v) is 4.31. The predicted molar refractivity (Wildman–Crippen MR) is 73.6 cm³/mol. The fraction of sp³-hybridized carbons (Fsp3) is 0.143. The molecule has 96 valence electrons. The van der Waals surface area contributed by atoms with Crippen molar-refractivity contribution in [3.8, 4) is 11.8 Å². The van der Waals surface area contributed by atoms with Gasteiger partial charge in [-0.1, -0.05) is 36.3 Å². The third kappa shape index (κ3) is 4.82. The molecule has 4 nitrogen and oxygen atoms in total. The van der Waals surface area contributed by atoms with Crippen LogP contribution in [0.2, 0.25) is 0 Å². The van der Waals surface area contributed by atoms with E-state index in [2.05, 4.69) is 22.1 Å². The summed E-state index contributed by atoms with van der Waals surface area (Å²) in [5.41, 5.74) is 3.38. The molecule has 2 aromatic rings. The molecule has 0 saturated heterocycles. The van der Waals surface area contributed by atoms with Crippen LogP contribution in [0, 0.1) is 11.8 Å². The second kappa shape index (κ2) is 7.19. The summed E-state index contributed by atoms with van der Waals surface area (Å²) in [6, 6.07) is 9.51. The Labute approximate surface area is 115 Å². The van der Waals surface area contributed by atoms with Gasteiger partial charge in [0.15, 0.2) is 0 Å². The quantitative estimate of drug-likeness (QED) is 0.873. The minimum absolute atomic E-state index is 0.241. The van der Waals surface area contributed by atoms with Gasteiger partial charge in [-0.25, -0.2) is 9.78 Å². The Bertz CT molecular complexity index is 570. The summed E-state index contributed by atoms with van der Waals surface area (Å²) in [5, 5.41) is 4.40. The second-order valence-electron chi connectivity index (χ2n) is 3.59. The Morgan fingerprint density at radius 3 is 2.95 bits per heavy atom. The van der Waals surface area contributed by atoms with Crippen molar-refractivity contribution < 1.29 is 9.53 Å². The number of hydrogen-bond donors (Lipinski definition) is 1. The molecule has 0 unspecified atom stereocenters. The standard InChI is InChI=1S/C14H12N2O2S/c17-14(18-9-12-5-2-1-3-6-12)15-8-4-7-13-10-19-11-16-13/h1-3,5-6,10-11H,8-9H2,(H,15,17). The molecule has 2 rings (SSSR count). The Kier molecular flexibility index (Phi) is 4.96. The van der Waals surface area contributed by atoms with E-state index in [9.17, 15) is 4.79 Å². The van der Waals surface area contributed by atoms with Gasteiger partial charge in [0, 0.05) is 5.38 Å². The lowest BCUT2D eigenvalue weighted by molar-refractivity contribution is 0.141. The monoisotopic (exact) mass is 272 g/mol. The molecule has 1 heterocycles. The zero-order valence-corrected chi connectivity index (χ0v) is 10.9. The van der Waals surface area contributed by atoms with Crippen molar-refractivity contribution in [2.45, 2.75) is 6.61 Å². The van der Waals surface area contributed by atoms with Crippen LogP contribution in [0.15, 0.2) is 41.2 Å². The van der Waals surface area contributed by atoms with E-state index in [1.165, 1.54) is 11.3 Å². The van der Waals surface area contributed by atoms with Gasteiger partial charge in [0.1, 0.15) is 12.3 Å². The molecule has 19 heavy (non-hydrogen) atoms. The molecule has 0 aliphatic heterocycles. The Balaban J connectivity index is 1.68. The van der Waals surface area contributed by atoms with Gasteiger partial charge in [0.2, 0.25) is 0 Å². The molecule has 0 radical (unpaired) electrons. The minimum atomic E-state index is -0.476. The van der Waals surface area contributed by atoms with Crippen LogP contribution in [0.5, 0.6) is 0 Å². The number of nitrogens with zero attached hydrogens (tertiary/aromatic N) is 1. The number of alkyl carbamates (subject to hydrolysis) is 1. The predicted octanol–water partition coefficient (Wildman–Crippen LogP) is 2.42. The molecule has 1 N–H and O–H groups in total. The van der Waals surface area contributed by atoms with Gasteiger partial charge in [-0.05, 0) is 11.5 Å². The first-order chi connectivity index (χ1) is 9.34. The maximum absolute atomic E-state index is 11.4. The topological polar surface area (TPSA) is 51.2 Å². The number of ether oxygens (including phenoxy) is 1. The maximum atomic E-state index is 11.4. The average molecular weight is 272 g/mol. The molecule has 0 bridgehead atoms. The van der Waals surface area contributed by atoms with E-state index in [-0.39, 0.29) is 13.2 Å². The van der Waals surface area contributed by atoms with E-state index in [1.54, 1.807) is 5.51 Å². The summed E-state index contributed by atoms with van der Waals surface area (Å²) >= 11 is 1.48. The fourth-order valence-electron chi connectivity index (χ4n) is 1.30. The molecule has 1 aromatic heterocycles. The zero-order valence-electron chi connectivity index (χ0n) is 10.1. The highest BCUT2D eigenvalue weighted by Gasteiger charge is 1.99. The number of thiazole rings is 1. The normalized spacial score (nSPS) is 9.26. The van der Waals surface area contributed by atoms with Gasteiger partial charge >= 0.3 is 6.09 Å². The first kappa shape index (κ1) is 13.1. The number of benzene rings is 1. The zero-order chi connectivity index (χ0) is 13.3. The fourth-order valence-corrected chi connectivity index (χ4v) is 1.78. The van der Waals surface area contributed by atoms with Crippen molar-refractivity contribution in [2.75, 3.05) is 6.54 Å². The van der Waals surface area contributed by atoms with Crippen LogP contribution in [-0.4, -0.2) is 17.6 Å². The van der Waals surface area contributed by atoms with E-state index in [0.717, 1.165) is 5.56 Å². The highest BCUT2D eigenvalue weighted by atomic mass is 32.1. The van der Waals surface area contributed by atoms with Crippen molar-refractivity contribution in [1.82, 2.24) is 10.3 Å². The van der Waals surface area contributed by atoms with Crippen LogP contribution in [0.1, 0.15) is 11.3 Å². The number of rotatable bonds is 3. The van der Waals surface area contributed by atoms with E-state index in [0.29, 0.717) is 5.69 Å². The van der Waals surface area contributed by atoms with Gasteiger partial charge in [-0.3, -0.25) is 0 Å². The summed E-state index contributed by atoms with van der Waals surface area (Å²) in [6.07, 6.45) is -0.476. The third-order valence-electron chi connectivity index (χ3n) is 2.18. The van der Waals surface area contributed by atoms with Gasteiger partial charge < -0.3 is 10.1 Å². The Morgan fingerprint density at radius 1 is 1.37 bits per heavy atom. The highest BCUT2D eigenvalue weighted by Crippen LogP contribution is 2.00. The summed E-state index contributed by atoms with van der Waals surface area (Å²) in [5.74, 6) is 5.63. The summed E-state index contributed by atoms with van der Waals surface area (Å²) in [6.45, 7) is 0.497. The molecule has 1 aromatic carbocycles. The van der Waals surface area contributed by atoms with Crippen LogP contribution >= 0.6 is 11.3 Å². The van der Waals surface area contributed by atoms with E-state index in [1.807, 2.05) is 35.7 Å². The number of aromatic nitrogens is 1. The molecular weight excluding hydrogens is 260 g/mol. The highest BCUT2D eigenvalue weighted by molar-refractivity contribution is 7.07. The summed E-state index contributed by atoms with van der Waals surface area (Å²) < 4.78 is 5.03. The lowest BCUT2D eigenvalue weighted by Crippen LogP contribution is -2.24. The maximum Gasteiger partial charge on any atom is 0.408 e. The van der Waals surface area contributed by atoms with Crippen molar-refractivity contribution in [2.24, 2.45) is 0 Å².